The minimum absolute atomic E-state index is 0.0522. The summed E-state index contributed by atoms with van der Waals surface area (Å²) in [6.45, 7) is 1.32. The third kappa shape index (κ3) is 3.81. The second kappa shape index (κ2) is 7.88. The van der Waals surface area contributed by atoms with Gasteiger partial charge in [0.2, 0.25) is 5.91 Å². The molecule has 0 radical (unpaired) electrons. The van der Waals surface area contributed by atoms with Gasteiger partial charge in [-0.05, 0) is 25.0 Å². The van der Waals surface area contributed by atoms with E-state index in [1.54, 1.807) is 23.2 Å². The number of aromatic nitrogens is 3. The van der Waals surface area contributed by atoms with Crippen molar-refractivity contribution in [3.63, 3.8) is 0 Å². The Hall–Kier alpha value is -2.09. The lowest BCUT2D eigenvalue weighted by molar-refractivity contribution is -0.123. The highest BCUT2D eigenvalue weighted by molar-refractivity contribution is 6.43. The predicted octanol–water partition coefficient (Wildman–Crippen LogP) is 2.57. The Bertz CT molecular complexity index is 876. The first-order chi connectivity index (χ1) is 13.1. The molecule has 0 aliphatic carbocycles. The fourth-order valence-corrected chi connectivity index (χ4v) is 3.70. The monoisotopic (exact) mass is 407 g/mol. The fraction of sp³-hybridized carbons (Fsp3) is 0.389. The molecule has 9 heteroatoms. The van der Waals surface area contributed by atoms with Crippen LogP contribution in [0.2, 0.25) is 10.0 Å². The van der Waals surface area contributed by atoms with Gasteiger partial charge in [0.25, 0.3) is 0 Å². The van der Waals surface area contributed by atoms with E-state index in [2.05, 4.69) is 20.8 Å². The second-order valence-corrected chi connectivity index (χ2v) is 7.36. The van der Waals surface area contributed by atoms with Crippen LogP contribution in [0.1, 0.15) is 25.1 Å². The Morgan fingerprint density at radius 1 is 1.41 bits per heavy atom. The summed E-state index contributed by atoms with van der Waals surface area (Å²) in [4.78, 5) is 12.4. The molecular formula is C18H19Cl2N5O2. The number of halogens is 2. The Morgan fingerprint density at radius 3 is 3.11 bits per heavy atom. The van der Waals surface area contributed by atoms with E-state index in [0.717, 1.165) is 25.0 Å². The van der Waals surface area contributed by atoms with E-state index in [1.807, 2.05) is 12.1 Å². The van der Waals surface area contributed by atoms with Crippen molar-refractivity contribution < 1.29 is 9.53 Å². The Balaban J connectivity index is 1.44. The lowest BCUT2D eigenvalue weighted by Crippen LogP contribution is -2.42. The van der Waals surface area contributed by atoms with Gasteiger partial charge < -0.3 is 15.4 Å². The third-order valence-corrected chi connectivity index (χ3v) is 5.56. The summed E-state index contributed by atoms with van der Waals surface area (Å²) in [7, 11) is 0. The predicted molar refractivity (Wildman–Crippen MR) is 103 cm³/mol. The maximum Gasteiger partial charge on any atom is 0.242 e. The average Bonchev–Trinajstić information content (AvgIpc) is 3.42. The third-order valence-electron chi connectivity index (χ3n) is 4.75. The van der Waals surface area contributed by atoms with Crippen molar-refractivity contribution in [3.8, 4) is 5.69 Å². The zero-order valence-electron chi connectivity index (χ0n) is 14.5. The maximum atomic E-state index is 12.4. The van der Waals surface area contributed by atoms with Crippen molar-refractivity contribution in [2.45, 2.75) is 31.4 Å². The second-order valence-electron chi connectivity index (χ2n) is 6.57. The first-order valence-electron chi connectivity index (χ1n) is 8.82. The first kappa shape index (κ1) is 18.3. The zero-order chi connectivity index (χ0) is 18.8. The summed E-state index contributed by atoms with van der Waals surface area (Å²) in [6, 6.07) is 5.04. The molecular weight excluding hydrogens is 389 g/mol. The lowest BCUT2D eigenvalue weighted by Gasteiger charge is -2.15. The molecule has 1 fully saturated rings. The number of hydrogen-bond donors (Lipinski definition) is 2. The number of carbonyl (C=O) groups is 1. The minimum Gasteiger partial charge on any atom is -0.379 e. The highest BCUT2D eigenvalue weighted by Crippen LogP contribution is 2.31. The molecule has 1 aromatic carbocycles. The molecule has 1 amide bonds. The number of ether oxygens (including phenoxy) is 1. The van der Waals surface area contributed by atoms with Gasteiger partial charge in [-0.2, -0.15) is 0 Å². The molecule has 2 atom stereocenters. The number of nitrogens with one attached hydrogen (secondary N) is 2. The van der Waals surface area contributed by atoms with Crippen molar-refractivity contribution >= 4 is 34.7 Å². The van der Waals surface area contributed by atoms with Crippen LogP contribution >= 0.6 is 23.2 Å². The summed E-state index contributed by atoms with van der Waals surface area (Å²) in [5.41, 5.74) is 1.57. The Morgan fingerprint density at radius 2 is 2.30 bits per heavy atom. The lowest BCUT2D eigenvalue weighted by atomic mass is 10.1. The van der Waals surface area contributed by atoms with Gasteiger partial charge in [0.15, 0.2) is 5.82 Å². The van der Waals surface area contributed by atoms with Crippen molar-refractivity contribution in [1.29, 1.82) is 0 Å². The van der Waals surface area contributed by atoms with E-state index in [1.165, 1.54) is 0 Å². The number of nitrogens with zero attached hydrogens (tertiary/aromatic N) is 3. The van der Waals surface area contributed by atoms with Crippen molar-refractivity contribution in [3.05, 3.63) is 46.6 Å². The summed E-state index contributed by atoms with van der Waals surface area (Å²) in [5, 5.41) is 15.2. The van der Waals surface area contributed by atoms with E-state index in [4.69, 9.17) is 27.9 Å². The van der Waals surface area contributed by atoms with Crippen molar-refractivity contribution in [2.24, 2.45) is 0 Å². The van der Waals surface area contributed by atoms with Gasteiger partial charge in [0.05, 0.1) is 21.8 Å². The highest BCUT2D eigenvalue weighted by Gasteiger charge is 2.28. The van der Waals surface area contributed by atoms with Crippen LogP contribution in [0.25, 0.3) is 11.3 Å². The first-order valence-corrected chi connectivity index (χ1v) is 9.58. The smallest absolute Gasteiger partial charge is 0.242 e. The van der Waals surface area contributed by atoms with Crippen LogP contribution in [-0.4, -0.2) is 46.0 Å². The molecule has 3 heterocycles. The summed E-state index contributed by atoms with van der Waals surface area (Å²) >= 11 is 12.4. The maximum absolute atomic E-state index is 12.4. The highest BCUT2D eigenvalue weighted by atomic mass is 35.5. The number of benzene rings is 1. The van der Waals surface area contributed by atoms with Gasteiger partial charge in [0, 0.05) is 31.3 Å². The van der Waals surface area contributed by atoms with E-state index >= 15 is 0 Å². The van der Waals surface area contributed by atoms with Crippen molar-refractivity contribution in [2.75, 3.05) is 13.2 Å². The quantitative estimate of drug-likeness (QED) is 0.795. The molecule has 0 saturated carbocycles. The van der Waals surface area contributed by atoms with Gasteiger partial charge in [0.1, 0.15) is 12.4 Å². The van der Waals surface area contributed by atoms with Crippen molar-refractivity contribution in [1.82, 2.24) is 25.4 Å². The molecule has 2 aliphatic heterocycles. The number of hydrogen-bond acceptors (Lipinski definition) is 5. The molecule has 2 N–H and O–H groups in total. The number of carbonyl (C=O) groups excluding carboxylic acids is 1. The molecule has 142 valence electrons. The van der Waals surface area contributed by atoms with E-state index < -0.39 is 0 Å². The topological polar surface area (TPSA) is 81.1 Å². The SMILES string of the molecule is O=C(NC[C@@H]1CCCO1)C1CC(c2nncn2-c2cccc(Cl)c2Cl)=CN1. The summed E-state index contributed by atoms with van der Waals surface area (Å²) in [5.74, 6) is 0.574. The Kier molecular flexibility index (Phi) is 5.33. The van der Waals surface area contributed by atoms with Crippen LogP contribution in [0.4, 0.5) is 0 Å². The van der Waals surface area contributed by atoms with Crippen LogP contribution in [0.5, 0.6) is 0 Å². The molecule has 1 unspecified atom stereocenters. The van der Waals surface area contributed by atoms with E-state index in [9.17, 15) is 4.79 Å². The Labute approximate surface area is 166 Å². The summed E-state index contributed by atoms with van der Waals surface area (Å²) < 4.78 is 7.31. The van der Waals surface area contributed by atoms with Crippen LogP contribution in [0, 0.1) is 0 Å². The van der Waals surface area contributed by atoms with Crippen LogP contribution in [0.3, 0.4) is 0 Å². The molecule has 0 spiro atoms. The van der Waals surface area contributed by atoms with Crippen LogP contribution < -0.4 is 10.6 Å². The van der Waals surface area contributed by atoms with Gasteiger partial charge in [-0.15, -0.1) is 10.2 Å². The summed E-state index contributed by atoms with van der Waals surface area (Å²) in [6.07, 6.45) is 6.05. The molecule has 7 nitrogen and oxygen atoms in total. The standard InChI is InChI=1S/C18H19Cl2N5O2/c19-13-4-1-5-15(16(13)20)25-10-23-24-17(25)11-7-14(21-8-11)18(26)22-9-12-3-2-6-27-12/h1,4-5,8,10,12,14,21H,2-3,6-7,9H2,(H,22,26)/t12-,14?/m0/s1. The minimum atomic E-state index is -0.346. The molecule has 1 saturated heterocycles. The van der Waals surface area contributed by atoms with Gasteiger partial charge in [-0.3, -0.25) is 9.36 Å². The largest absolute Gasteiger partial charge is 0.379 e. The average molecular weight is 408 g/mol. The number of rotatable bonds is 5. The molecule has 1 aromatic heterocycles. The van der Waals surface area contributed by atoms with Gasteiger partial charge >= 0.3 is 0 Å². The molecule has 27 heavy (non-hydrogen) atoms. The normalized spacial score (nSPS) is 21.8. The van der Waals surface area contributed by atoms with E-state index in [-0.39, 0.29) is 18.1 Å². The molecule has 4 rings (SSSR count). The molecule has 2 aliphatic rings. The van der Waals surface area contributed by atoms with E-state index in [0.29, 0.717) is 34.5 Å². The fourth-order valence-electron chi connectivity index (χ4n) is 3.31. The molecule has 2 aromatic rings. The van der Waals surface area contributed by atoms with Gasteiger partial charge in [-0.25, -0.2) is 0 Å². The van der Waals surface area contributed by atoms with Crippen LogP contribution in [0.15, 0.2) is 30.7 Å². The number of amides is 1. The van der Waals surface area contributed by atoms with Gasteiger partial charge in [-0.1, -0.05) is 29.3 Å². The van der Waals surface area contributed by atoms with Crippen LogP contribution in [-0.2, 0) is 9.53 Å². The zero-order valence-corrected chi connectivity index (χ0v) is 16.0. The molecule has 0 bridgehead atoms.